The molecule has 0 aromatic carbocycles. The summed E-state index contributed by atoms with van der Waals surface area (Å²) in [4.78, 5) is 20.5. The fraction of sp³-hybridized carbons (Fsp3) is 0.650. The molecular weight excluding hydrogens is 326 g/mol. The average molecular weight is 355 g/mol. The Morgan fingerprint density at radius 3 is 2.81 bits per heavy atom. The van der Waals surface area contributed by atoms with Gasteiger partial charge in [0.25, 0.3) is 0 Å². The van der Waals surface area contributed by atoms with Gasteiger partial charge in [-0.2, -0.15) is 5.26 Å². The van der Waals surface area contributed by atoms with Crippen LogP contribution in [-0.4, -0.2) is 59.0 Å². The highest BCUT2D eigenvalue weighted by Crippen LogP contribution is 2.29. The highest BCUT2D eigenvalue weighted by molar-refractivity contribution is 5.73. The number of carbonyl (C=O) groups excluding carboxylic acids is 1. The molecule has 0 unspecified atom stereocenters. The van der Waals surface area contributed by atoms with Crippen LogP contribution in [0.2, 0.25) is 0 Å². The molecule has 1 aromatic heterocycles. The van der Waals surface area contributed by atoms with E-state index in [9.17, 15) is 10.1 Å². The molecule has 1 amide bonds. The number of nitrogens with zero attached hydrogens (tertiary/aromatic N) is 4. The van der Waals surface area contributed by atoms with Crippen molar-refractivity contribution < 1.29 is 4.79 Å². The fourth-order valence-corrected chi connectivity index (χ4v) is 4.36. The van der Waals surface area contributed by atoms with E-state index >= 15 is 0 Å². The zero-order valence-electron chi connectivity index (χ0n) is 15.8. The van der Waals surface area contributed by atoms with Crippen molar-refractivity contribution in [2.75, 3.05) is 31.5 Å². The number of nitrogens with one attached hydrogen (secondary N) is 1. The number of rotatable bonds is 5. The van der Waals surface area contributed by atoms with Gasteiger partial charge in [-0.05, 0) is 37.3 Å². The highest BCUT2D eigenvalue weighted by atomic mass is 16.2. The molecular formula is C20H29N5O. The summed E-state index contributed by atoms with van der Waals surface area (Å²) in [5.74, 6) is 1.46. The Kier molecular flexibility index (Phi) is 6.10. The van der Waals surface area contributed by atoms with Gasteiger partial charge in [0.15, 0.2) is 0 Å². The third-order valence-electron chi connectivity index (χ3n) is 5.81. The molecule has 3 heterocycles. The van der Waals surface area contributed by atoms with E-state index in [1.54, 1.807) is 19.2 Å². The van der Waals surface area contributed by atoms with Crippen molar-refractivity contribution in [3.05, 3.63) is 23.9 Å². The van der Waals surface area contributed by atoms with Crippen LogP contribution in [0, 0.1) is 17.2 Å². The van der Waals surface area contributed by atoms with E-state index in [1.807, 2.05) is 11.0 Å². The Bertz CT molecular complexity index is 662. The second-order valence-corrected chi connectivity index (χ2v) is 7.50. The number of pyridine rings is 1. The lowest BCUT2D eigenvalue weighted by Crippen LogP contribution is -2.46. The van der Waals surface area contributed by atoms with E-state index in [4.69, 9.17) is 0 Å². The standard InChI is InChI=1S/C20H29N5O/c1-3-5-17-13-25(18-7-10-24(11-8-18)15(2)26)14-19(17)23-20-16(12-21)6-4-9-22-20/h4,6,9,17-19H,3,5,7-8,10-11,13-14H2,1-2H3,(H,22,23)/t17-,19-/m1/s1. The van der Waals surface area contributed by atoms with Gasteiger partial charge < -0.3 is 10.2 Å². The molecule has 6 nitrogen and oxygen atoms in total. The Balaban J connectivity index is 1.65. The summed E-state index contributed by atoms with van der Waals surface area (Å²) in [6, 6.07) is 6.72. The molecule has 0 aliphatic carbocycles. The summed E-state index contributed by atoms with van der Waals surface area (Å²) in [7, 11) is 0. The second-order valence-electron chi connectivity index (χ2n) is 7.50. The quantitative estimate of drug-likeness (QED) is 0.878. The van der Waals surface area contributed by atoms with Crippen molar-refractivity contribution in [2.45, 2.75) is 51.6 Å². The molecule has 0 radical (unpaired) electrons. The molecule has 0 bridgehead atoms. The van der Waals surface area contributed by atoms with Gasteiger partial charge in [-0.1, -0.05) is 13.3 Å². The molecule has 6 heteroatoms. The van der Waals surface area contributed by atoms with Gasteiger partial charge in [-0.15, -0.1) is 0 Å². The first-order chi connectivity index (χ1) is 12.6. The number of nitriles is 1. The van der Waals surface area contributed by atoms with Crippen LogP contribution in [0.4, 0.5) is 5.82 Å². The van der Waals surface area contributed by atoms with Gasteiger partial charge >= 0.3 is 0 Å². The van der Waals surface area contributed by atoms with Crippen molar-refractivity contribution >= 4 is 11.7 Å². The number of anilines is 1. The van der Waals surface area contributed by atoms with Crippen LogP contribution in [0.1, 0.15) is 45.1 Å². The van der Waals surface area contributed by atoms with Crippen molar-refractivity contribution in [2.24, 2.45) is 5.92 Å². The SMILES string of the molecule is CCC[C@@H]1CN(C2CCN(C(C)=O)CC2)C[C@H]1Nc1ncccc1C#N. The van der Waals surface area contributed by atoms with Gasteiger partial charge in [0.2, 0.25) is 5.91 Å². The van der Waals surface area contributed by atoms with Crippen LogP contribution in [0.25, 0.3) is 0 Å². The summed E-state index contributed by atoms with van der Waals surface area (Å²) >= 11 is 0. The molecule has 1 N–H and O–H groups in total. The van der Waals surface area contributed by atoms with Crippen LogP contribution in [0.3, 0.4) is 0 Å². The minimum atomic E-state index is 0.187. The summed E-state index contributed by atoms with van der Waals surface area (Å²) in [5.41, 5.74) is 0.607. The molecule has 0 saturated carbocycles. The number of likely N-dealkylation sites (tertiary alicyclic amines) is 2. The molecule has 3 rings (SSSR count). The second kappa shape index (κ2) is 8.50. The number of amides is 1. The number of carbonyl (C=O) groups is 1. The maximum atomic E-state index is 11.5. The van der Waals surface area contributed by atoms with Crippen molar-refractivity contribution in [1.29, 1.82) is 5.26 Å². The third kappa shape index (κ3) is 4.16. The number of hydrogen-bond donors (Lipinski definition) is 1. The lowest BCUT2D eigenvalue weighted by Gasteiger charge is -2.36. The van der Waals surface area contributed by atoms with E-state index < -0.39 is 0 Å². The van der Waals surface area contributed by atoms with Gasteiger partial charge in [-0.25, -0.2) is 4.98 Å². The predicted octanol–water partition coefficient (Wildman–Crippen LogP) is 2.48. The van der Waals surface area contributed by atoms with Gasteiger partial charge in [-0.3, -0.25) is 9.69 Å². The smallest absolute Gasteiger partial charge is 0.219 e. The molecule has 2 fully saturated rings. The van der Waals surface area contributed by atoms with Gasteiger partial charge in [0.05, 0.1) is 5.56 Å². The zero-order valence-corrected chi connectivity index (χ0v) is 15.8. The molecule has 140 valence electrons. The van der Waals surface area contributed by atoms with E-state index in [0.29, 0.717) is 29.4 Å². The van der Waals surface area contributed by atoms with Crippen LogP contribution in [-0.2, 0) is 4.79 Å². The van der Waals surface area contributed by atoms with Crippen LogP contribution in [0.15, 0.2) is 18.3 Å². The first-order valence-electron chi connectivity index (χ1n) is 9.73. The van der Waals surface area contributed by atoms with Crippen molar-refractivity contribution in [3.63, 3.8) is 0 Å². The van der Waals surface area contributed by atoms with Crippen molar-refractivity contribution in [3.8, 4) is 6.07 Å². The first-order valence-corrected chi connectivity index (χ1v) is 9.73. The number of piperidine rings is 1. The highest BCUT2D eigenvalue weighted by Gasteiger charge is 2.37. The number of aromatic nitrogens is 1. The maximum Gasteiger partial charge on any atom is 0.219 e. The largest absolute Gasteiger partial charge is 0.365 e. The van der Waals surface area contributed by atoms with E-state index in [2.05, 4.69) is 28.2 Å². The monoisotopic (exact) mass is 355 g/mol. The fourth-order valence-electron chi connectivity index (χ4n) is 4.36. The first kappa shape index (κ1) is 18.7. The van der Waals surface area contributed by atoms with Gasteiger partial charge in [0, 0.05) is 51.4 Å². The summed E-state index contributed by atoms with van der Waals surface area (Å²) in [6.45, 7) is 7.69. The molecule has 0 spiro atoms. The minimum absolute atomic E-state index is 0.187. The normalized spacial score (nSPS) is 24.4. The summed E-state index contributed by atoms with van der Waals surface area (Å²) < 4.78 is 0. The third-order valence-corrected chi connectivity index (χ3v) is 5.81. The van der Waals surface area contributed by atoms with Crippen LogP contribution < -0.4 is 5.32 Å². The predicted molar refractivity (Wildman–Crippen MR) is 102 cm³/mol. The molecule has 2 atom stereocenters. The Morgan fingerprint density at radius 2 is 2.15 bits per heavy atom. The van der Waals surface area contributed by atoms with E-state index in [1.165, 1.54) is 6.42 Å². The van der Waals surface area contributed by atoms with Crippen molar-refractivity contribution in [1.82, 2.24) is 14.8 Å². The summed E-state index contributed by atoms with van der Waals surface area (Å²) in [6.07, 6.45) is 6.18. The number of hydrogen-bond acceptors (Lipinski definition) is 5. The minimum Gasteiger partial charge on any atom is -0.365 e. The Labute approximate surface area is 156 Å². The Morgan fingerprint density at radius 1 is 1.38 bits per heavy atom. The molecule has 2 saturated heterocycles. The molecule has 2 aliphatic rings. The van der Waals surface area contributed by atoms with E-state index in [-0.39, 0.29) is 5.91 Å². The zero-order chi connectivity index (χ0) is 18.5. The van der Waals surface area contributed by atoms with Crippen LogP contribution in [0.5, 0.6) is 0 Å². The topological polar surface area (TPSA) is 72.3 Å². The average Bonchev–Trinajstić information content (AvgIpc) is 3.05. The van der Waals surface area contributed by atoms with E-state index in [0.717, 1.165) is 45.4 Å². The van der Waals surface area contributed by atoms with Gasteiger partial charge in [0.1, 0.15) is 11.9 Å². The Hall–Kier alpha value is -2.13. The lowest BCUT2D eigenvalue weighted by atomic mass is 9.98. The summed E-state index contributed by atoms with van der Waals surface area (Å²) in [5, 5.41) is 12.9. The van der Waals surface area contributed by atoms with Crippen LogP contribution >= 0.6 is 0 Å². The molecule has 2 aliphatic heterocycles. The molecule has 26 heavy (non-hydrogen) atoms. The maximum absolute atomic E-state index is 11.5. The lowest BCUT2D eigenvalue weighted by molar-refractivity contribution is -0.130. The molecule has 1 aromatic rings.